The number of carboxylic acids is 2. The summed E-state index contributed by atoms with van der Waals surface area (Å²) in [6, 6.07) is 5.42. The number of aliphatic carboxylic acids is 1. The van der Waals surface area contributed by atoms with E-state index in [1.807, 2.05) is 6.92 Å². The minimum Gasteiger partial charge on any atom is -0.494 e. The van der Waals surface area contributed by atoms with E-state index in [4.69, 9.17) is 28.8 Å². The Morgan fingerprint density at radius 1 is 0.550 bits per heavy atom. The second-order valence-electron chi connectivity index (χ2n) is 14.4. The first kappa shape index (κ1) is 53.7. The van der Waals surface area contributed by atoms with Crippen LogP contribution in [0.4, 0.5) is 0 Å². The van der Waals surface area contributed by atoms with Crippen LogP contribution in [0, 0.1) is 0 Å². The lowest BCUT2D eigenvalue weighted by molar-refractivity contribution is -0.142. The lowest BCUT2D eigenvalue weighted by atomic mass is 10.0. The van der Waals surface area contributed by atoms with Crippen LogP contribution < -0.4 is 26.0 Å². The maximum absolute atomic E-state index is 12.4. The van der Waals surface area contributed by atoms with Gasteiger partial charge in [-0.3, -0.25) is 19.2 Å². The molecule has 60 heavy (non-hydrogen) atoms. The third-order valence-corrected chi connectivity index (χ3v) is 9.11. The van der Waals surface area contributed by atoms with Gasteiger partial charge in [-0.1, -0.05) is 83.6 Å². The summed E-state index contributed by atoms with van der Waals surface area (Å²) in [5, 5.41) is 29.1. The van der Waals surface area contributed by atoms with Gasteiger partial charge in [0.15, 0.2) is 0 Å². The van der Waals surface area contributed by atoms with E-state index in [-0.39, 0.29) is 94.6 Å². The molecule has 0 aromatic heterocycles. The van der Waals surface area contributed by atoms with Crippen molar-refractivity contribution in [2.45, 2.75) is 122 Å². The maximum atomic E-state index is 12.4. The molecule has 17 nitrogen and oxygen atoms in total. The number of carbonyl (C=O) groups is 6. The number of hydrogen-bond acceptors (Lipinski definition) is 11. The number of carboxylic acid groups (broad SMARTS) is 2. The molecule has 0 bridgehead atoms. The van der Waals surface area contributed by atoms with Crippen LogP contribution in [-0.4, -0.2) is 131 Å². The number of unbranched alkanes of at least 4 members (excludes halogenated alkanes) is 12. The molecule has 1 aromatic rings. The fourth-order valence-electron chi connectivity index (χ4n) is 5.79. The molecule has 342 valence electrons. The Morgan fingerprint density at radius 2 is 1.05 bits per heavy atom. The van der Waals surface area contributed by atoms with Crippen LogP contribution in [0.2, 0.25) is 0 Å². The van der Waals surface area contributed by atoms with E-state index in [0.29, 0.717) is 45.1 Å². The van der Waals surface area contributed by atoms with E-state index < -0.39 is 18.0 Å². The van der Waals surface area contributed by atoms with Crippen LogP contribution in [0.5, 0.6) is 5.75 Å². The molecule has 0 spiro atoms. The Labute approximate surface area is 355 Å². The average molecular weight is 853 g/mol. The van der Waals surface area contributed by atoms with Crippen LogP contribution >= 0.6 is 0 Å². The first-order valence-corrected chi connectivity index (χ1v) is 21.7. The van der Waals surface area contributed by atoms with Gasteiger partial charge in [0, 0.05) is 32.5 Å². The number of ether oxygens (including phenoxy) is 5. The highest BCUT2D eigenvalue weighted by molar-refractivity contribution is 5.88. The number of hydrogen-bond donors (Lipinski definition) is 6. The fourth-order valence-corrected chi connectivity index (χ4v) is 5.79. The predicted octanol–water partition coefficient (Wildman–Crippen LogP) is 4.40. The Morgan fingerprint density at radius 3 is 1.58 bits per heavy atom. The van der Waals surface area contributed by atoms with Crippen LogP contribution in [0.15, 0.2) is 24.3 Å². The van der Waals surface area contributed by atoms with Gasteiger partial charge in [-0.15, -0.1) is 0 Å². The van der Waals surface area contributed by atoms with Crippen molar-refractivity contribution in [3.05, 3.63) is 29.8 Å². The molecule has 0 heterocycles. The fraction of sp³-hybridized carbons (Fsp3) is 0.721. The molecule has 0 radical (unpaired) electrons. The maximum Gasteiger partial charge on any atom is 0.335 e. The quantitative estimate of drug-likeness (QED) is 0.0502. The summed E-state index contributed by atoms with van der Waals surface area (Å²) in [5.41, 5.74) is 0.230. The number of nitrogens with one attached hydrogen (secondary N) is 4. The van der Waals surface area contributed by atoms with Gasteiger partial charge in [-0.2, -0.15) is 0 Å². The molecule has 4 amide bonds. The monoisotopic (exact) mass is 853 g/mol. The van der Waals surface area contributed by atoms with E-state index in [9.17, 15) is 33.9 Å². The van der Waals surface area contributed by atoms with Crippen molar-refractivity contribution in [3.8, 4) is 5.75 Å². The zero-order valence-corrected chi connectivity index (χ0v) is 35.8. The van der Waals surface area contributed by atoms with Gasteiger partial charge in [0.05, 0.1) is 51.8 Å². The zero-order valence-electron chi connectivity index (χ0n) is 35.8. The van der Waals surface area contributed by atoms with E-state index in [0.717, 1.165) is 51.4 Å². The zero-order chi connectivity index (χ0) is 43.9. The Hall–Kier alpha value is -4.32. The molecule has 1 aromatic carbocycles. The van der Waals surface area contributed by atoms with E-state index >= 15 is 0 Å². The van der Waals surface area contributed by atoms with Crippen molar-refractivity contribution in [2.24, 2.45) is 0 Å². The molecule has 0 saturated carbocycles. The van der Waals surface area contributed by atoms with Crippen LogP contribution in [0.25, 0.3) is 0 Å². The number of amides is 4. The highest BCUT2D eigenvalue weighted by Gasteiger charge is 2.20. The van der Waals surface area contributed by atoms with Crippen molar-refractivity contribution in [3.63, 3.8) is 0 Å². The summed E-state index contributed by atoms with van der Waals surface area (Å²) in [6.07, 6.45) is 15.2. The number of rotatable bonds is 41. The molecule has 17 heteroatoms. The minimum absolute atomic E-state index is 0.0151. The number of aromatic carboxylic acids is 1. The Bertz CT molecular complexity index is 1330. The number of benzene rings is 1. The van der Waals surface area contributed by atoms with E-state index in [1.54, 1.807) is 24.3 Å². The van der Waals surface area contributed by atoms with Gasteiger partial charge < -0.3 is 55.2 Å². The lowest BCUT2D eigenvalue weighted by Crippen LogP contribution is -2.41. The van der Waals surface area contributed by atoms with E-state index in [2.05, 4.69) is 21.3 Å². The summed E-state index contributed by atoms with van der Waals surface area (Å²) >= 11 is 0. The van der Waals surface area contributed by atoms with Crippen LogP contribution in [-0.2, 0) is 42.9 Å². The molecule has 1 rings (SSSR count). The standard InChI is InChI=1S/C43H72N4O13/c1-2-22-44-40(50)33-58-30-29-57-27-24-46-41(51)34-59-31-28-56-26-23-45-38(48)21-20-37(43(54)55)47-39(49)19-14-12-10-8-6-4-3-5-7-9-11-13-15-25-60-36-18-16-17-35(32-36)42(52)53/h16-18,32,37H,2-15,19-31,33-34H2,1H3,(H,44,50)(H,45,48)(H,46,51)(H,47,49)(H,52,53)(H,54,55)/t37-/m0/s1. The van der Waals surface area contributed by atoms with Crippen molar-refractivity contribution in [1.29, 1.82) is 0 Å². The smallest absolute Gasteiger partial charge is 0.335 e. The molecular formula is C43H72N4O13. The third kappa shape index (κ3) is 32.5. The highest BCUT2D eigenvalue weighted by atomic mass is 16.5. The van der Waals surface area contributed by atoms with Gasteiger partial charge in [0.2, 0.25) is 23.6 Å². The van der Waals surface area contributed by atoms with Crippen LogP contribution in [0.3, 0.4) is 0 Å². The Kier molecular flexibility index (Phi) is 33.7. The molecule has 0 aliphatic rings. The van der Waals surface area contributed by atoms with Gasteiger partial charge in [0.1, 0.15) is 25.0 Å². The average Bonchev–Trinajstić information content (AvgIpc) is 3.23. The molecule has 0 fully saturated rings. The summed E-state index contributed by atoms with van der Waals surface area (Å²) in [5.74, 6) is -2.69. The summed E-state index contributed by atoms with van der Waals surface area (Å²) in [4.78, 5) is 70.5. The number of carbonyl (C=O) groups excluding carboxylic acids is 4. The lowest BCUT2D eigenvalue weighted by Gasteiger charge is -2.14. The Balaban J connectivity index is 1.91. The SMILES string of the molecule is CCCNC(=O)COCCOCCNC(=O)COCCOCCNC(=O)CC[C@H](NC(=O)CCCCCCCCCCCCCCCOc1cccc(C(=O)O)c1)C(=O)O. The van der Waals surface area contributed by atoms with Gasteiger partial charge >= 0.3 is 11.9 Å². The molecule has 0 aliphatic heterocycles. The normalized spacial score (nSPS) is 11.4. The first-order valence-electron chi connectivity index (χ1n) is 21.7. The summed E-state index contributed by atoms with van der Waals surface area (Å²) in [6.45, 7) is 5.01. The van der Waals surface area contributed by atoms with Gasteiger partial charge in [0.25, 0.3) is 0 Å². The van der Waals surface area contributed by atoms with Crippen LogP contribution in [0.1, 0.15) is 126 Å². The molecule has 6 N–H and O–H groups in total. The highest BCUT2D eigenvalue weighted by Crippen LogP contribution is 2.16. The largest absolute Gasteiger partial charge is 0.494 e. The van der Waals surface area contributed by atoms with Gasteiger partial charge in [-0.25, -0.2) is 9.59 Å². The minimum atomic E-state index is -1.18. The molecular weight excluding hydrogens is 780 g/mol. The van der Waals surface area contributed by atoms with Crippen molar-refractivity contribution in [1.82, 2.24) is 21.3 Å². The van der Waals surface area contributed by atoms with Crippen molar-refractivity contribution < 1.29 is 62.7 Å². The van der Waals surface area contributed by atoms with Crippen molar-refractivity contribution in [2.75, 3.05) is 79.1 Å². The summed E-state index contributed by atoms with van der Waals surface area (Å²) < 4.78 is 26.9. The van der Waals surface area contributed by atoms with Crippen molar-refractivity contribution >= 4 is 35.6 Å². The molecule has 0 saturated heterocycles. The summed E-state index contributed by atoms with van der Waals surface area (Å²) in [7, 11) is 0. The molecule has 0 aliphatic carbocycles. The second-order valence-corrected chi connectivity index (χ2v) is 14.4. The molecule has 1 atom stereocenters. The first-order chi connectivity index (χ1) is 29.1. The third-order valence-electron chi connectivity index (χ3n) is 9.11. The molecule has 0 unspecified atom stereocenters. The second kappa shape index (κ2) is 37.7. The topological polar surface area (TPSA) is 237 Å². The predicted molar refractivity (Wildman–Crippen MR) is 225 cm³/mol. The van der Waals surface area contributed by atoms with E-state index in [1.165, 1.54) is 32.1 Å². The van der Waals surface area contributed by atoms with Gasteiger partial charge in [-0.05, 0) is 43.9 Å².